The number of hydrogen-bond donors (Lipinski definition) is 0. The minimum atomic E-state index is 0.409. The average Bonchev–Trinajstić information content (AvgIpc) is 3.38. The van der Waals surface area contributed by atoms with Crippen LogP contribution in [0, 0.1) is 12.8 Å². The second kappa shape index (κ2) is 8.14. The van der Waals surface area contributed by atoms with Gasteiger partial charge in [-0.25, -0.2) is 4.98 Å². The lowest BCUT2D eigenvalue weighted by Gasteiger charge is -2.11. The van der Waals surface area contributed by atoms with Gasteiger partial charge in [0.05, 0.1) is 25.5 Å². The Kier molecular flexibility index (Phi) is 5.03. The molecule has 156 valence electrons. The van der Waals surface area contributed by atoms with Gasteiger partial charge >= 0.3 is 0 Å². The fourth-order valence-corrected chi connectivity index (χ4v) is 3.57. The summed E-state index contributed by atoms with van der Waals surface area (Å²) in [4.78, 5) is 17.5. The van der Waals surface area contributed by atoms with E-state index in [4.69, 9.17) is 14.0 Å². The minimum Gasteiger partial charge on any atom is -0.495 e. The van der Waals surface area contributed by atoms with E-state index in [1.165, 1.54) is 6.39 Å². The SMILES string of the molecule is COc1ccc([C@H]2C[C@@H]2COc2nc(C)ncc2-c2ccc(-c3ncon3)cc2)nc1. The summed E-state index contributed by atoms with van der Waals surface area (Å²) in [6, 6.07) is 11.8. The maximum Gasteiger partial charge on any atom is 0.224 e. The second-order valence-electron chi connectivity index (χ2n) is 7.50. The van der Waals surface area contributed by atoms with Gasteiger partial charge in [-0.2, -0.15) is 9.97 Å². The molecule has 0 amide bonds. The van der Waals surface area contributed by atoms with Crippen molar-refractivity contribution in [2.75, 3.05) is 13.7 Å². The molecule has 5 rings (SSSR count). The molecule has 31 heavy (non-hydrogen) atoms. The van der Waals surface area contributed by atoms with Crippen LogP contribution in [-0.2, 0) is 0 Å². The van der Waals surface area contributed by atoms with Crippen molar-refractivity contribution in [1.82, 2.24) is 25.1 Å². The van der Waals surface area contributed by atoms with Gasteiger partial charge in [-0.05, 0) is 31.0 Å². The predicted octanol–water partition coefficient (Wildman–Crippen LogP) is 4.09. The number of rotatable bonds is 7. The molecular formula is C23H21N5O3. The van der Waals surface area contributed by atoms with Crippen LogP contribution < -0.4 is 9.47 Å². The Bertz CT molecular complexity index is 1160. The zero-order chi connectivity index (χ0) is 21.2. The Morgan fingerprint density at radius 3 is 2.55 bits per heavy atom. The number of pyridine rings is 1. The van der Waals surface area contributed by atoms with Gasteiger partial charge in [-0.15, -0.1) is 0 Å². The summed E-state index contributed by atoms with van der Waals surface area (Å²) in [5.41, 5.74) is 3.77. The Labute approximate surface area is 179 Å². The highest BCUT2D eigenvalue weighted by molar-refractivity contribution is 5.70. The molecule has 8 nitrogen and oxygen atoms in total. The highest BCUT2D eigenvalue weighted by Crippen LogP contribution is 2.47. The van der Waals surface area contributed by atoms with Crippen molar-refractivity contribution in [3.05, 3.63) is 66.7 Å². The molecule has 3 heterocycles. The summed E-state index contributed by atoms with van der Waals surface area (Å²) in [6.07, 6.45) is 5.93. The van der Waals surface area contributed by atoms with Gasteiger partial charge < -0.3 is 14.0 Å². The molecule has 0 aliphatic heterocycles. The molecule has 0 N–H and O–H groups in total. The normalized spacial score (nSPS) is 17.4. The molecule has 4 aromatic rings. The van der Waals surface area contributed by atoms with Crippen molar-refractivity contribution in [2.45, 2.75) is 19.3 Å². The summed E-state index contributed by atoms with van der Waals surface area (Å²) >= 11 is 0. The topological polar surface area (TPSA) is 96.1 Å². The van der Waals surface area contributed by atoms with E-state index >= 15 is 0 Å². The highest BCUT2D eigenvalue weighted by atomic mass is 16.5. The van der Waals surface area contributed by atoms with E-state index in [1.807, 2.05) is 43.3 Å². The summed E-state index contributed by atoms with van der Waals surface area (Å²) in [5, 5.41) is 3.87. The Morgan fingerprint density at radius 2 is 1.84 bits per heavy atom. The molecule has 1 aromatic carbocycles. The van der Waals surface area contributed by atoms with Crippen LogP contribution in [0.5, 0.6) is 11.6 Å². The Morgan fingerprint density at radius 1 is 1.00 bits per heavy atom. The van der Waals surface area contributed by atoms with E-state index < -0.39 is 0 Å². The summed E-state index contributed by atoms with van der Waals surface area (Å²) in [5.74, 6) is 3.41. The number of ether oxygens (including phenoxy) is 2. The number of nitrogens with zero attached hydrogens (tertiary/aromatic N) is 5. The first kappa shape index (κ1) is 19.2. The molecule has 1 saturated carbocycles. The van der Waals surface area contributed by atoms with E-state index in [9.17, 15) is 0 Å². The van der Waals surface area contributed by atoms with Gasteiger partial charge in [0.1, 0.15) is 11.6 Å². The van der Waals surface area contributed by atoms with Crippen molar-refractivity contribution in [3.63, 3.8) is 0 Å². The third-order valence-corrected chi connectivity index (χ3v) is 5.42. The van der Waals surface area contributed by atoms with E-state index in [0.717, 1.165) is 34.6 Å². The smallest absolute Gasteiger partial charge is 0.224 e. The van der Waals surface area contributed by atoms with Crippen LogP contribution in [0.4, 0.5) is 0 Å². The number of benzene rings is 1. The summed E-state index contributed by atoms with van der Waals surface area (Å²) < 4.78 is 16.2. The van der Waals surface area contributed by atoms with Crippen LogP contribution in [0.1, 0.15) is 23.9 Å². The molecule has 0 spiro atoms. The van der Waals surface area contributed by atoms with Crippen molar-refractivity contribution < 1.29 is 14.0 Å². The minimum absolute atomic E-state index is 0.409. The van der Waals surface area contributed by atoms with Gasteiger partial charge in [0.2, 0.25) is 18.1 Å². The van der Waals surface area contributed by atoms with Gasteiger partial charge in [0.15, 0.2) is 0 Å². The monoisotopic (exact) mass is 415 g/mol. The van der Waals surface area contributed by atoms with Crippen LogP contribution in [0.15, 0.2) is 59.7 Å². The van der Waals surface area contributed by atoms with E-state index in [2.05, 4.69) is 25.1 Å². The quantitative estimate of drug-likeness (QED) is 0.445. The van der Waals surface area contributed by atoms with Gasteiger partial charge in [0, 0.05) is 29.3 Å². The lowest BCUT2D eigenvalue weighted by Crippen LogP contribution is -2.05. The van der Waals surface area contributed by atoms with Crippen molar-refractivity contribution in [2.24, 2.45) is 5.92 Å². The van der Waals surface area contributed by atoms with Crippen LogP contribution in [-0.4, -0.2) is 38.8 Å². The lowest BCUT2D eigenvalue weighted by molar-refractivity contribution is 0.285. The first-order valence-electron chi connectivity index (χ1n) is 10.0. The largest absolute Gasteiger partial charge is 0.495 e. The molecule has 0 unspecified atom stereocenters. The average molecular weight is 415 g/mol. The maximum absolute atomic E-state index is 6.15. The standard InChI is InChI=1S/C23H21N5O3/c1-14-24-11-20(15-3-5-16(6-4-15)22-26-13-31-28-22)23(27-14)30-12-17-9-19(17)21-8-7-18(29-2)10-25-21/h3-8,10-11,13,17,19H,9,12H2,1-2H3/t17-,19+/m1/s1. The van der Waals surface area contributed by atoms with E-state index in [-0.39, 0.29) is 0 Å². The molecule has 1 aliphatic carbocycles. The molecule has 8 heteroatoms. The molecule has 1 fully saturated rings. The first-order chi connectivity index (χ1) is 15.2. The van der Waals surface area contributed by atoms with Crippen LogP contribution in [0.3, 0.4) is 0 Å². The van der Waals surface area contributed by atoms with Crippen LogP contribution in [0.25, 0.3) is 22.5 Å². The predicted molar refractivity (Wildman–Crippen MR) is 113 cm³/mol. The third-order valence-electron chi connectivity index (χ3n) is 5.42. The van der Waals surface area contributed by atoms with E-state index in [0.29, 0.717) is 36.0 Å². The summed E-state index contributed by atoms with van der Waals surface area (Å²) in [7, 11) is 1.64. The number of hydrogen-bond acceptors (Lipinski definition) is 8. The molecule has 3 aromatic heterocycles. The molecule has 2 atom stereocenters. The number of aromatic nitrogens is 5. The van der Waals surface area contributed by atoms with Crippen molar-refractivity contribution >= 4 is 0 Å². The van der Waals surface area contributed by atoms with Gasteiger partial charge in [-0.1, -0.05) is 29.4 Å². The molecule has 0 saturated heterocycles. The zero-order valence-electron chi connectivity index (χ0n) is 17.2. The molecule has 0 radical (unpaired) electrons. The summed E-state index contributed by atoms with van der Waals surface area (Å²) in [6.45, 7) is 2.44. The van der Waals surface area contributed by atoms with Crippen LogP contribution in [0.2, 0.25) is 0 Å². The number of aryl methyl sites for hydroxylation is 1. The third kappa shape index (κ3) is 4.09. The first-order valence-corrected chi connectivity index (χ1v) is 10.0. The lowest BCUT2D eigenvalue weighted by atomic mass is 10.1. The Hall–Kier alpha value is -3.81. The Balaban J connectivity index is 1.29. The second-order valence-corrected chi connectivity index (χ2v) is 7.50. The molecule has 0 bridgehead atoms. The van der Waals surface area contributed by atoms with Crippen LogP contribution >= 0.6 is 0 Å². The van der Waals surface area contributed by atoms with E-state index in [1.54, 1.807) is 19.5 Å². The maximum atomic E-state index is 6.15. The fourth-order valence-electron chi connectivity index (χ4n) is 3.57. The molecule has 1 aliphatic rings. The highest BCUT2D eigenvalue weighted by Gasteiger charge is 2.40. The van der Waals surface area contributed by atoms with Crippen molar-refractivity contribution in [3.8, 4) is 34.1 Å². The zero-order valence-corrected chi connectivity index (χ0v) is 17.2. The van der Waals surface area contributed by atoms with Gasteiger partial charge in [0.25, 0.3) is 0 Å². The molecular weight excluding hydrogens is 394 g/mol. The number of methoxy groups -OCH3 is 1. The fraction of sp³-hybridized carbons (Fsp3) is 0.261. The van der Waals surface area contributed by atoms with Crippen molar-refractivity contribution in [1.29, 1.82) is 0 Å². The van der Waals surface area contributed by atoms with Gasteiger partial charge in [-0.3, -0.25) is 4.98 Å².